The Morgan fingerprint density at radius 1 is 1.00 bits per heavy atom. The number of para-hydroxylation sites is 1. The fraction of sp³-hybridized carbons (Fsp3) is 0.381. The van der Waals surface area contributed by atoms with Crippen molar-refractivity contribution < 1.29 is 4.39 Å². The number of nitrogens with zero attached hydrogens (tertiary/aromatic N) is 3. The van der Waals surface area contributed by atoms with Crippen molar-refractivity contribution in [1.82, 2.24) is 10.2 Å². The fourth-order valence-electron chi connectivity index (χ4n) is 3.75. The summed E-state index contributed by atoms with van der Waals surface area (Å²) in [5.74, 6) is 1.08. The van der Waals surface area contributed by atoms with E-state index in [4.69, 9.17) is 0 Å². The number of nitrogens with one attached hydrogen (secondary N) is 1. The number of hydrogen-bond donors (Lipinski definition) is 1. The Labute approximate surface area is 154 Å². The molecule has 0 radical (unpaired) electrons. The molecule has 2 aliphatic rings. The normalized spacial score (nSPS) is 23.1. The van der Waals surface area contributed by atoms with Crippen LogP contribution in [0, 0.1) is 5.82 Å². The van der Waals surface area contributed by atoms with Gasteiger partial charge in [-0.1, -0.05) is 36.4 Å². The second-order valence-electron chi connectivity index (χ2n) is 6.97. The molecule has 0 bridgehead atoms. The van der Waals surface area contributed by atoms with Gasteiger partial charge in [-0.05, 0) is 30.2 Å². The number of anilines is 1. The third kappa shape index (κ3) is 3.52. The molecule has 1 saturated heterocycles. The molecule has 2 unspecified atom stereocenters. The Kier molecular flexibility index (Phi) is 4.78. The predicted octanol–water partition coefficient (Wildman–Crippen LogP) is 3.08. The molecule has 26 heavy (non-hydrogen) atoms. The molecule has 1 N–H and O–H groups in total. The van der Waals surface area contributed by atoms with Crippen LogP contribution in [0.15, 0.2) is 59.6 Å². The molecule has 2 atom stereocenters. The lowest BCUT2D eigenvalue weighted by atomic mass is 10.1. The molecular formula is C21H25FN4. The van der Waals surface area contributed by atoms with Gasteiger partial charge in [-0.25, -0.2) is 4.39 Å². The van der Waals surface area contributed by atoms with Gasteiger partial charge in [-0.2, -0.15) is 0 Å². The summed E-state index contributed by atoms with van der Waals surface area (Å²) in [6.07, 6.45) is 0.962. The molecule has 0 spiro atoms. The number of benzene rings is 2. The molecular weight excluding hydrogens is 327 g/mol. The van der Waals surface area contributed by atoms with E-state index in [-0.39, 0.29) is 17.8 Å². The molecule has 1 aliphatic carbocycles. The van der Waals surface area contributed by atoms with Gasteiger partial charge in [0.1, 0.15) is 5.82 Å². The number of rotatable bonds is 3. The monoisotopic (exact) mass is 352 g/mol. The van der Waals surface area contributed by atoms with E-state index in [0.29, 0.717) is 0 Å². The van der Waals surface area contributed by atoms with Gasteiger partial charge in [0.2, 0.25) is 0 Å². The second kappa shape index (κ2) is 7.36. The Balaban J connectivity index is 1.33. The van der Waals surface area contributed by atoms with Crippen LogP contribution in [-0.4, -0.2) is 50.1 Å². The van der Waals surface area contributed by atoms with Gasteiger partial charge in [-0.3, -0.25) is 4.99 Å². The molecule has 1 heterocycles. The van der Waals surface area contributed by atoms with Crippen LogP contribution < -0.4 is 10.2 Å². The van der Waals surface area contributed by atoms with E-state index in [9.17, 15) is 4.39 Å². The standard InChI is InChI=1S/C21H25FN4/c1-23-21(24-20-15-18(20)17-9-5-6-10-19(17)22)26-13-11-25(12-14-26)16-7-3-2-4-8-16/h2-10,18,20H,11-15H2,1H3,(H,23,24). The Bertz CT molecular complexity index is 769. The van der Waals surface area contributed by atoms with Crippen LogP contribution in [-0.2, 0) is 0 Å². The summed E-state index contributed by atoms with van der Waals surface area (Å²) in [6.45, 7) is 3.83. The lowest BCUT2D eigenvalue weighted by Crippen LogP contribution is -2.53. The summed E-state index contributed by atoms with van der Waals surface area (Å²) in [4.78, 5) is 9.17. The minimum absolute atomic E-state index is 0.103. The maximum absolute atomic E-state index is 14.0. The van der Waals surface area contributed by atoms with Crippen LogP contribution in [0.2, 0.25) is 0 Å². The first kappa shape index (κ1) is 16.9. The number of piperazine rings is 1. The Morgan fingerprint density at radius 2 is 1.69 bits per heavy atom. The molecule has 4 nitrogen and oxygen atoms in total. The largest absolute Gasteiger partial charge is 0.368 e. The summed E-state index contributed by atoms with van der Waals surface area (Å²) < 4.78 is 14.0. The summed E-state index contributed by atoms with van der Waals surface area (Å²) in [6, 6.07) is 17.9. The first-order valence-electron chi connectivity index (χ1n) is 9.29. The van der Waals surface area contributed by atoms with Crippen molar-refractivity contribution in [3.8, 4) is 0 Å². The van der Waals surface area contributed by atoms with Crippen molar-refractivity contribution in [3.05, 3.63) is 66.0 Å². The molecule has 2 aromatic rings. The minimum atomic E-state index is -0.103. The molecule has 2 fully saturated rings. The van der Waals surface area contributed by atoms with E-state index in [1.54, 1.807) is 12.1 Å². The summed E-state index contributed by atoms with van der Waals surface area (Å²) >= 11 is 0. The lowest BCUT2D eigenvalue weighted by Gasteiger charge is -2.37. The van der Waals surface area contributed by atoms with E-state index >= 15 is 0 Å². The van der Waals surface area contributed by atoms with Crippen molar-refractivity contribution in [2.24, 2.45) is 4.99 Å². The average Bonchev–Trinajstić information content (AvgIpc) is 3.46. The number of halogens is 1. The molecule has 0 aromatic heterocycles. The molecule has 0 amide bonds. The van der Waals surface area contributed by atoms with Gasteiger partial charge in [-0.15, -0.1) is 0 Å². The first-order chi connectivity index (χ1) is 12.8. The highest BCUT2D eigenvalue weighted by molar-refractivity contribution is 5.81. The number of aliphatic imine (C=N–C) groups is 1. The van der Waals surface area contributed by atoms with E-state index in [1.807, 2.05) is 25.2 Å². The molecule has 4 rings (SSSR count). The maximum Gasteiger partial charge on any atom is 0.194 e. The molecule has 136 valence electrons. The van der Waals surface area contributed by atoms with Gasteiger partial charge in [0.15, 0.2) is 5.96 Å². The number of hydrogen-bond acceptors (Lipinski definition) is 2. The van der Waals surface area contributed by atoms with Crippen molar-refractivity contribution in [2.45, 2.75) is 18.4 Å². The van der Waals surface area contributed by atoms with Crippen LogP contribution in [0.3, 0.4) is 0 Å². The van der Waals surface area contributed by atoms with Crippen molar-refractivity contribution in [2.75, 3.05) is 38.1 Å². The lowest BCUT2D eigenvalue weighted by molar-refractivity contribution is 0.372. The van der Waals surface area contributed by atoms with E-state index in [2.05, 4.69) is 44.4 Å². The second-order valence-corrected chi connectivity index (χ2v) is 6.97. The van der Waals surface area contributed by atoms with Gasteiger partial charge in [0.05, 0.1) is 0 Å². The summed E-state index contributed by atoms with van der Waals surface area (Å²) in [7, 11) is 1.83. The zero-order valence-electron chi connectivity index (χ0n) is 15.1. The highest BCUT2D eigenvalue weighted by atomic mass is 19.1. The first-order valence-corrected chi connectivity index (χ1v) is 9.29. The van der Waals surface area contributed by atoms with Gasteiger partial charge >= 0.3 is 0 Å². The average molecular weight is 352 g/mol. The molecule has 1 aliphatic heterocycles. The van der Waals surface area contributed by atoms with E-state index in [1.165, 1.54) is 5.69 Å². The molecule has 1 saturated carbocycles. The van der Waals surface area contributed by atoms with Gasteiger partial charge in [0, 0.05) is 50.9 Å². The predicted molar refractivity (Wildman–Crippen MR) is 104 cm³/mol. The highest BCUT2D eigenvalue weighted by Crippen LogP contribution is 2.41. The summed E-state index contributed by atoms with van der Waals surface area (Å²) in [5.41, 5.74) is 2.09. The third-order valence-electron chi connectivity index (χ3n) is 5.32. The van der Waals surface area contributed by atoms with Gasteiger partial charge in [0.25, 0.3) is 0 Å². The van der Waals surface area contributed by atoms with Crippen LogP contribution in [0.25, 0.3) is 0 Å². The minimum Gasteiger partial charge on any atom is -0.368 e. The Morgan fingerprint density at radius 3 is 2.38 bits per heavy atom. The van der Waals surface area contributed by atoms with Crippen molar-refractivity contribution in [3.63, 3.8) is 0 Å². The van der Waals surface area contributed by atoms with Crippen LogP contribution in [0.5, 0.6) is 0 Å². The SMILES string of the molecule is CN=C(NC1CC1c1ccccc1F)N1CCN(c2ccccc2)CC1. The zero-order valence-corrected chi connectivity index (χ0v) is 15.1. The topological polar surface area (TPSA) is 30.9 Å². The Hall–Kier alpha value is -2.56. The van der Waals surface area contributed by atoms with Crippen LogP contribution in [0.1, 0.15) is 17.9 Å². The zero-order chi connectivity index (χ0) is 17.9. The van der Waals surface area contributed by atoms with Gasteiger partial charge < -0.3 is 15.1 Å². The fourth-order valence-corrected chi connectivity index (χ4v) is 3.75. The van der Waals surface area contributed by atoms with Crippen molar-refractivity contribution in [1.29, 1.82) is 0 Å². The van der Waals surface area contributed by atoms with Crippen molar-refractivity contribution >= 4 is 11.6 Å². The quantitative estimate of drug-likeness (QED) is 0.680. The number of guanidine groups is 1. The highest BCUT2D eigenvalue weighted by Gasteiger charge is 2.41. The smallest absolute Gasteiger partial charge is 0.194 e. The molecule has 5 heteroatoms. The van der Waals surface area contributed by atoms with Crippen LogP contribution in [0.4, 0.5) is 10.1 Å². The maximum atomic E-state index is 14.0. The van der Waals surface area contributed by atoms with Crippen LogP contribution >= 0.6 is 0 Å². The summed E-state index contributed by atoms with van der Waals surface area (Å²) in [5, 5.41) is 3.53. The third-order valence-corrected chi connectivity index (χ3v) is 5.32. The van der Waals surface area contributed by atoms with E-state index in [0.717, 1.165) is 44.1 Å². The molecule has 2 aromatic carbocycles. The van der Waals surface area contributed by atoms with E-state index < -0.39 is 0 Å².